The third-order valence-electron chi connectivity index (χ3n) is 6.60. The van der Waals surface area contributed by atoms with Gasteiger partial charge in [0.2, 0.25) is 0 Å². The van der Waals surface area contributed by atoms with E-state index in [2.05, 4.69) is 40.8 Å². The van der Waals surface area contributed by atoms with Crippen LogP contribution < -0.4 is 4.90 Å². The number of nitrogens with zero attached hydrogens (tertiary/aromatic N) is 3. The van der Waals surface area contributed by atoms with Gasteiger partial charge in [-0.25, -0.2) is 4.39 Å². The average molecular weight is 445 g/mol. The molecule has 1 N–H and O–H groups in total. The van der Waals surface area contributed by atoms with Crippen LogP contribution in [0, 0.1) is 5.92 Å². The van der Waals surface area contributed by atoms with E-state index in [1.165, 1.54) is 16.6 Å². The Kier molecular flexibility index (Phi) is 5.69. The standard InChI is InChI=1S/C24H30ClFN4O/c1-15(2)11-22-23-19(20-12-16(25)3-4-21(20)28-23)7-10-30(22)24-27-18(14-31-24)13-29-8-5-17(26)6-9-29/h3-4,12,14-15,17,22,28H,5-11,13H2,1-2H3. The summed E-state index contributed by atoms with van der Waals surface area (Å²) in [7, 11) is 0. The van der Waals surface area contributed by atoms with Crippen LogP contribution in [0.1, 0.15) is 56.1 Å². The van der Waals surface area contributed by atoms with Crippen LogP contribution in [0.4, 0.5) is 10.4 Å². The van der Waals surface area contributed by atoms with Crippen molar-refractivity contribution in [2.24, 2.45) is 5.92 Å². The Morgan fingerprint density at radius 3 is 2.84 bits per heavy atom. The second-order valence-corrected chi connectivity index (χ2v) is 9.80. The van der Waals surface area contributed by atoms with Crippen molar-refractivity contribution in [3.8, 4) is 0 Å². The normalized spacial score (nSPS) is 20.7. The molecule has 31 heavy (non-hydrogen) atoms. The van der Waals surface area contributed by atoms with Crippen LogP contribution >= 0.6 is 11.6 Å². The molecule has 4 heterocycles. The number of aromatic nitrogens is 2. The van der Waals surface area contributed by atoms with Crippen molar-refractivity contribution in [2.75, 3.05) is 24.5 Å². The number of piperidine rings is 1. The van der Waals surface area contributed by atoms with Crippen molar-refractivity contribution in [1.82, 2.24) is 14.9 Å². The molecule has 166 valence electrons. The van der Waals surface area contributed by atoms with Gasteiger partial charge in [-0.1, -0.05) is 25.4 Å². The monoisotopic (exact) mass is 444 g/mol. The van der Waals surface area contributed by atoms with E-state index in [9.17, 15) is 4.39 Å². The summed E-state index contributed by atoms with van der Waals surface area (Å²) in [5.41, 5.74) is 4.67. The van der Waals surface area contributed by atoms with E-state index >= 15 is 0 Å². The third kappa shape index (κ3) is 4.20. The molecule has 0 aliphatic carbocycles. The van der Waals surface area contributed by atoms with Crippen LogP contribution in [-0.2, 0) is 13.0 Å². The highest BCUT2D eigenvalue weighted by Crippen LogP contribution is 2.40. The van der Waals surface area contributed by atoms with E-state index in [0.717, 1.165) is 55.3 Å². The fraction of sp³-hybridized carbons (Fsp3) is 0.542. The second kappa shape index (κ2) is 8.47. The first-order valence-corrected chi connectivity index (χ1v) is 11.7. The lowest BCUT2D eigenvalue weighted by molar-refractivity contribution is 0.144. The fourth-order valence-corrected chi connectivity index (χ4v) is 5.22. The van der Waals surface area contributed by atoms with Gasteiger partial charge in [-0.05, 0) is 55.4 Å². The molecule has 0 spiro atoms. The molecular weight excluding hydrogens is 415 g/mol. The average Bonchev–Trinajstić information content (AvgIpc) is 3.34. The molecule has 1 fully saturated rings. The van der Waals surface area contributed by atoms with Crippen LogP contribution in [-0.4, -0.2) is 40.7 Å². The molecular formula is C24H30ClFN4O. The number of oxazole rings is 1. The lowest BCUT2D eigenvalue weighted by atomic mass is 9.92. The molecule has 2 aliphatic heterocycles. The van der Waals surface area contributed by atoms with Crippen molar-refractivity contribution >= 4 is 28.5 Å². The topological polar surface area (TPSA) is 48.3 Å². The maximum absolute atomic E-state index is 13.4. The fourth-order valence-electron chi connectivity index (χ4n) is 5.05. The highest BCUT2D eigenvalue weighted by atomic mass is 35.5. The quantitative estimate of drug-likeness (QED) is 0.532. The number of H-pyrrole nitrogens is 1. The summed E-state index contributed by atoms with van der Waals surface area (Å²) in [6.07, 6.45) is 4.26. The van der Waals surface area contributed by atoms with E-state index in [4.69, 9.17) is 21.0 Å². The lowest BCUT2D eigenvalue weighted by Crippen LogP contribution is -2.36. The van der Waals surface area contributed by atoms with Gasteiger partial charge in [-0.2, -0.15) is 4.98 Å². The number of hydrogen-bond donors (Lipinski definition) is 1. The zero-order chi connectivity index (χ0) is 21.5. The number of benzene rings is 1. The number of nitrogens with one attached hydrogen (secondary N) is 1. The molecule has 1 aromatic carbocycles. The van der Waals surface area contributed by atoms with E-state index in [1.54, 1.807) is 6.26 Å². The van der Waals surface area contributed by atoms with Crippen LogP contribution in [0.5, 0.6) is 0 Å². The Hall–Kier alpha value is -2.05. The summed E-state index contributed by atoms with van der Waals surface area (Å²) in [6.45, 7) is 7.64. The molecule has 0 saturated carbocycles. The summed E-state index contributed by atoms with van der Waals surface area (Å²) in [5, 5.41) is 1.99. The number of aromatic amines is 1. The van der Waals surface area contributed by atoms with Crippen LogP contribution in [0.15, 0.2) is 28.9 Å². The number of anilines is 1. The second-order valence-electron chi connectivity index (χ2n) is 9.37. The van der Waals surface area contributed by atoms with Crippen LogP contribution in [0.25, 0.3) is 10.9 Å². The van der Waals surface area contributed by atoms with Gasteiger partial charge in [-0.15, -0.1) is 0 Å². The van der Waals surface area contributed by atoms with Gasteiger partial charge >= 0.3 is 0 Å². The van der Waals surface area contributed by atoms with Gasteiger partial charge in [0.05, 0.1) is 11.7 Å². The molecule has 5 nitrogen and oxygen atoms in total. The predicted octanol–water partition coefficient (Wildman–Crippen LogP) is 5.89. The first-order valence-electron chi connectivity index (χ1n) is 11.4. The van der Waals surface area contributed by atoms with Crippen LogP contribution in [0.2, 0.25) is 5.02 Å². The minimum Gasteiger partial charge on any atom is -0.432 e. The van der Waals surface area contributed by atoms with Gasteiger partial charge in [0, 0.05) is 47.8 Å². The Morgan fingerprint density at radius 2 is 2.06 bits per heavy atom. The van der Waals surface area contributed by atoms with Crippen LogP contribution in [0.3, 0.4) is 0 Å². The summed E-state index contributed by atoms with van der Waals surface area (Å²) in [6, 6.07) is 6.94. The zero-order valence-corrected chi connectivity index (χ0v) is 19.0. The van der Waals surface area contributed by atoms with Crippen molar-refractivity contribution < 1.29 is 8.81 Å². The molecule has 5 rings (SSSR count). The number of halogens is 2. The van der Waals surface area contributed by atoms with E-state index < -0.39 is 6.17 Å². The highest BCUT2D eigenvalue weighted by molar-refractivity contribution is 6.31. The minimum absolute atomic E-state index is 0.184. The van der Waals surface area contributed by atoms with E-state index in [0.29, 0.717) is 24.8 Å². The smallest absolute Gasteiger partial charge is 0.298 e. The number of likely N-dealkylation sites (tertiary alicyclic amines) is 1. The summed E-state index contributed by atoms with van der Waals surface area (Å²) >= 11 is 6.28. The molecule has 3 aromatic rings. The minimum atomic E-state index is -0.658. The maximum Gasteiger partial charge on any atom is 0.298 e. The third-order valence-corrected chi connectivity index (χ3v) is 6.83. The van der Waals surface area contributed by atoms with Gasteiger partial charge in [0.25, 0.3) is 6.01 Å². The molecule has 0 amide bonds. The maximum atomic E-state index is 13.4. The number of fused-ring (bicyclic) bond motifs is 3. The molecule has 7 heteroatoms. The predicted molar refractivity (Wildman–Crippen MR) is 122 cm³/mol. The van der Waals surface area contributed by atoms with Gasteiger partial charge in [-0.3, -0.25) is 4.90 Å². The molecule has 1 saturated heterocycles. The first-order chi connectivity index (χ1) is 15.0. The van der Waals surface area contributed by atoms with Gasteiger partial charge in [0.15, 0.2) is 0 Å². The van der Waals surface area contributed by atoms with Crippen molar-refractivity contribution in [3.63, 3.8) is 0 Å². The Balaban J connectivity index is 1.41. The molecule has 0 bridgehead atoms. The Labute approximate surface area is 187 Å². The largest absolute Gasteiger partial charge is 0.432 e. The van der Waals surface area contributed by atoms with Gasteiger partial charge in [0.1, 0.15) is 12.4 Å². The van der Waals surface area contributed by atoms with Crippen molar-refractivity contribution in [1.29, 1.82) is 0 Å². The van der Waals surface area contributed by atoms with Gasteiger partial charge < -0.3 is 14.3 Å². The summed E-state index contributed by atoms with van der Waals surface area (Å²) in [5.74, 6) is 0.532. The number of hydrogen-bond acceptors (Lipinski definition) is 4. The molecule has 1 atom stereocenters. The highest BCUT2D eigenvalue weighted by Gasteiger charge is 2.33. The lowest BCUT2D eigenvalue weighted by Gasteiger charge is -2.35. The summed E-state index contributed by atoms with van der Waals surface area (Å²) in [4.78, 5) is 13.1. The summed E-state index contributed by atoms with van der Waals surface area (Å²) < 4.78 is 19.4. The molecule has 2 aromatic heterocycles. The SMILES string of the molecule is CC(C)CC1c2[nH]c3ccc(Cl)cc3c2CCN1c1nc(CN2CCC(F)CC2)co1. The van der Waals surface area contributed by atoms with E-state index in [-0.39, 0.29) is 6.04 Å². The molecule has 0 radical (unpaired) electrons. The Bertz CT molecular complexity index is 1050. The number of alkyl halides is 1. The van der Waals surface area contributed by atoms with Crippen molar-refractivity contribution in [2.45, 2.75) is 58.3 Å². The Morgan fingerprint density at radius 1 is 1.26 bits per heavy atom. The molecule has 2 aliphatic rings. The molecule has 1 unspecified atom stereocenters. The number of rotatable bonds is 5. The van der Waals surface area contributed by atoms with Crippen molar-refractivity contribution in [3.05, 3.63) is 46.4 Å². The zero-order valence-electron chi connectivity index (χ0n) is 18.2. The first kappa shape index (κ1) is 20.8. The van der Waals surface area contributed by atoms with E-state index in [1.807, 2.05) is 6.07 Å².